The lowest BCUT2D eigenvalue weighted by molar-refractivity contribution is -0.122. The summed E-state index contributed by atoms with van der Waals surface area (Å²) in [7, 11) is 1.62. The number of hydrogen-bond acceptors (Lipinski definition) is 4. The fourth-order valence-electron chi connectivity index (χ4n) is 2.98. The minimum atomic E-state index is -0.533. The van der Waals surface area contributed by atoms with Crippen molar-refractivity contribution in [1.29, 1.82) is 0 Å². The molecule has 2 amide bonds. The molecule has 2 N–H and O–H groups in total. The van der Waals surface area contributed by atoms with Gasteiger partial charge in [-0.2, -0.15) is 0 Å². The first-order valence-corrected chi connectivity index (χ1v) is 8.54. The van der Waals surface area contributed by atoms with Gasteiger partial charge in [-0.05, 0) is 60.2 Å². The van der Waals surface area contributed by atoms with Gasteiger partial charge in [-0.3, -0.25) is 9.59 Å². The lowest BCUT2D eigenvalue weighted by Gasteiger charge is -2.23. The summed E-state index contributed by atoms with van der Waals surface area (Å²) in [4.78, 5) is 24.4. The summed E-state index contributed by atoms with van der Waals surface area (Å²) in [6.45, 7) is 1.68. The molecule has 0 fully saturated rings. The second-order valence-corrected chi connectivity index (χ2v) is 6.34. The third kappa shape index (κ3) is 3.29. The molecule has 0 bridgehead atoms. The summed E-state index contributed by atoms with van der Waals surface area (Å²) in [5.74, 6) is 0.909. The monoisotopic (exact) mass is 362 g/mol. The maximum Gasteiger partial charge on any atom is 0.265 e. The molecular formula is C21H18N2O4. The van der Waals surface area contributed by atoms with Crippen LogP contribution in [-0.4, -0.2) is 25.0 Å². The van der Waals surface area contributed by atoms with E-state index in [9.17, 15) is 9.59 Å². The minimum absolute atomic E-state index is 0.212. The number of fused-ring (bicyclic) bond motifs is 2. The normalized spacial score (nSPS) is 15.5. The number of rotatable bonds is 3. The molecule has 1 aliphatic heterocycles. The van der Waals surface area contributed by atoms with E-state index in [1.807, 2.05) is 30.3 Å². The molecule has 6 heteroatoms. The molecule has 1 aliphatic rings. The Morgan fingerprint density at radius 2 is 1.85 bits per heavy atom. The SMILES string of the molecule is COc1ccc2cc(C(=O)Nc3ccc4c(c3)NC(=O)C(C)O4)ccc2c1. The molecule has 0 saturated carbocycles. The van der Waals surface area contributed by atoms with Gasteiger partial charge in [0.25, 0.3) is 11.8 Å². The van der Waals surface area contributed by atoms with E-state index in [2.05, 4.69) is 10.6 Å². The Balaban J connectivity index is 1.56. The van der Waals surface area contributed by atoms with Crippen LogP contribution in [0.1, 0.15) is 17.3 Å². The van der Waals surface area contributed by atoms with Gasteiger partial charge >= 0.3 is 0 Å². The molecule has 3 aromatic rings. The Labute approximate surface area is 156 Å². The van der Waals surface area contributed by atoms with Gasteiger partial charge in [-0.15, -0.1) is 0 Å². The summed E-state index contributed by atoms with van der Waals surface area (Å²) in [5, 5.41) is 7.56. The molecule has 27 heavy (non-hydrogen) atoms. The maximum absolute atomic E-state index is 12.6. The Morgan fingerprint density at radius 1 is 1.07 bits per heavy atom. The predicted molar refractivity (Wildman–Crippen MR) is 104 cm³/mol. The Morgan fingerprint density at radius 3 is 2.67 bits per heavy atom. The largest absolute Gasteiger partial charge is 0.497 e. The third-order valence-electron chi connectivity index (χ3n) is 4.48. The number of amides is 2. The van der Waals surface area contributed by atoms with Gasteiger partial charge in [0.15, 0.2) is 6.10 Å². The van der Waals surface area contributed by atoms with E-state index in [1.54, 1.807) is 38.3 Å². The van der Waals surface area contributed by atoms with Crippen molar-refractivity contribution >= 4 is 34.0 Å². The van der Waals surface area contributed by atoms with E-state index in [0.29, 0.717) is 22.7 Å². The van der Waals surface area contributed by atoms with E-state index < -0.39 is 6.10 Å². The van der Waals surface area contributed by atoms with Gasteiger partial charge in [-0.1, -0.05) is 12.1 Å². The molecule has 0 spiro atoms. The quantitative estimate of drug-likeness (QED) is 0.743. The topological polar surface area (TPSA) is 76.7 Å². The zero-order valence-corrected chi connectivity index (χ0v) is 14.9. The van der Waals surface area contributed by atoms with Crippen molar-refractivity contribution in [2.24, 2.45) is 0 Å². The van der Waals surface area contributed by atoms with E-state index in [1.165, 1.54) is 0 Å². The summed E-state index contributed by atoms with van der Waals surface area (Å²) < 4.78 is 10.7. The van der Waals surface area contributed by atoms with Crippen molar-refractivity contribution in [3.05, 3.63) is 60.2 Å². The van der Waals surface area contributed by atoms with Crippen molar-refractivity contribution < 1.29 is 19.1 Å². The van der Waals surface area contributed by atoms with Crippen molar-refractivity contribution in [3.63, 3.8) is 0 Å². The number of hydrogen-bond donors (Lipinski definition) is 2. The number of benzene rings is 3. The van der Waals surface area contributed by atoms with E-state index in [0.717, 1.165) is 16.5 Å². The van der Waals surface area contributed by atoms with Crippen LogP contribution in [0.4, 0.5) is 11.4 Å². The van der Waals surface area contributed by atoms with Crippen molar-refractivity contribution in [1.82, 2.24) is 0 Å². The number of anilines is 2. The van der Waals surface area contributed by atoms with Gasteiger partial charge in [0, 0.05) is 11.3 Å². The smallest absolute Gasteiger partial charge is 0.265 e. The number of carbonyl (C=O) groups is 2. The second-order valence-electron chi connectivity index (χ2n) is 6.34. The van der Waals surface area contributed by atoms with E-state index in [-0.39, 0.29) is 11.8 Å². The van der Waals surface area contributed by atoms with E-state index in [4.69, 9.17) is 9.47 Å². The fourth-order valence-corrected chi connectivity index (χ4v) is 2.98. The number of methoxy groups -OCH3 is 1. The van der Waals surface area contributed by atoms with Gasteiger partial charge in [0.05, 0.1) is 12.8 Å². The standard InChI is InChI=1S/C21H18N2O4/c1-12-20(24)23-18-11-16(6-8-19(18)27-12)22-21(25)15-4-3-14-10-17(26-2)7-5-13(14)9-15/h3-12H,1-2H3,(H,22,25)(H,23,24). The molecule has 4 rings (SSSR count). The molecule has 6 nitrogen and oxygen atoms in total. The lowest BCUT2D eigenvalue weighted by atomic mass is 10.1. The van der Waals surface area contributed by atoms with Crippen LogP contribution >= 0.6 is 0 Å². The molecule has 1 unspecified atom stereocenters. The molecule has 0 aromatic heterocycles. The van der Waals surface area contributed by atoms with Crippen LogP contribution in [0.5, 0.6) is 11.5 Å². The predicted octanol–water partition coefficient (Wildman–Crippen LogP) is 3.82. The zero-order valence-electron chi connectivity index (χ0n) is 14.9. The lowest BCUT2D eigenvalue weighted by Crippen LogP contribution is -2.34. The Kier molecular flexibility index (Phi) is 4.16. The van der Waals surface area contributed by atoms with Crippen LogP contribution in [0.2, 0.25) is 0 Å². The molecule has 1 heterocycles. The number of nitrogens with one attached hydrogen (secondary N) is 2. The number of ether oxygens (including phenoxy) is 2. The van der Waals surface area contributed by atoms with Crippen LogP contribution in [-0.2, 0) is 4.79 Å². The highest BCUT2D eigenvalue weighted by molar-refractivity contribution is 6.07. The highest BCUT2D eigenvalue weighted by Crippen LogP contribution is 2.32. The highest BCUT2D eigenvalue weighted by Gasteiger charge is 2.23. The summed E-state index contributed by atoms with van der Waals surface area (Å²) in [6, 6.07) is 16.3. The summed E-state index contributed by atoms with van der Waals surface area (Å²) in [5.41, 5.74) is 1.66. The first kappa shape index (κ1) is 16.9. The highest BCUT2D eigenvalue weighted by atomic mass is 16.5. The fraction of sp³-hybridized carbons (Fsp3) is 0.143. The van der Waals surface area contributed by atoms with Gasteiger partial charge in [-0.25, -0.2) is 0 Å². The van der Waals surface area contributed by atoms with Crippen LogP contribution < -0.4 is 20.1 Å². The Bertz CT molecular complexity index is 1060. The zero-order chi connectivity index (χ0) is 19.0. The minimum Gasteiger partial charge on any atom is -0.497 e. The van der Waals surface area contributed by atoms with Crippen LogP contribution in [0, 0.1) is 0 Å². The van der Waals surface area contributed by atoms with Gasteiger partial charge in [0.1, 0.15) is 11.5 Å². The van der Waals surface area contributed by atoms with Crippen LogP contribution in [0.25, 0.3) is 10.8 Å². The third-order valence-corrected chi connectivity index (χ3v) is 4.48. The molecule has 3 aromatic carbocycles. The van der Waals surface area contributed by atoms with Gasteiger partial charge < -0.3 is 20.1 Å². The van der Waals surface area contributed by atoms with Crippen LogP contribution in [0.15, 0.2) is 54.6 Å². The second kappa shape index (κ2) is 6.64. The average Bonchev–Trinajstić information content (AvgIpc) is 2.68. The van der Waals surface area contributed by atoms with Gasteiger partial charge in [0.2, 0.25) is 0 Å². The number of carbonyl (C=O) groups excluding carboxylic acids is 2. The summed E-state index contributed by atoms with van der Waals surface area (Å²) in [6.07, 6.45) is -0.533. The molecular weight excluding hydrogens is 344 g/mol. The Hall–Kier alpha value is -3.54. The van der Waals surface area contributed by atoms with E-state index >= 15 is 0 Å². The first-order valence-electron chi connectivity index (χ1n) is 8.54. The molecule has 0 aliphatic carbocycles. The molecule has 0 saturated heterocycles. The van der Waals surface area contributed by atoms with Crippen LogP contribution in [0.3, 0.4) is 0 Å². The van der Waals surface area contributed by atoms with Crippen molar-refractivity contribution in [2.45, 2.75) is 13.0 Å². The maximum atomic E-state index is 12.6. The molecule has 1 atom stereocenters. The van der Waals surface area contributed by atoms with Crippen molar-refractivity contribution in [3.8, 4) is 11.5 Å². The first-order chi connectivity index (χ1) is 13.0. The summed E-state index contributed by atoms with van der Waals surface area (Å²) >= 11 is 0. The van der Waals surface area contributed by atoms with Crippen molar-refractivity contribution in [2.75, 3.05) is 17.7 Å². The molecule has 0 radical (unpaired) electrons. The molecule has 136 valence electrons. The average molecular weight is 362 g/mol.